The molecule has 4 nitrogen and oxygen atoms in total. The Kier molecular flexibility index (Phi) is 4.36. The summed E-state index contributed by atoms with van der Waals surface area (Å²) in [6.45, 7) is -0.0306. The number of halogens is 1. The molecule has 1 saturated heterocycles. The third-order valence-electron chi connectivity index (χ3n) is 2.25. The number of hydrogen-bond acceptors (Lipinski definition) is 4. The second-order valence-corrected chi connectivity index (χ2v) is 6.12. The van der Waals surface area contributed by atoms with Gasteiger partial charge in [-0.25, -0.2) is 0 Å². The summed E-state index contributed by atoms with van der Waals surface area (Å²) in [5.74, 6) is -0.0519. The van der Waals surface area contributed by atoms with E-state index in [2.05, 4.69) is 21.2 Å². The molecule has 94 valence electrons. The largest absolute Gasteiger partial charge is 0.324 e. The molecule has 1 aliphatic heterocycles. The molecule has 7 heteroatoms. The van der Waals surface area contributed by atoms with Crippen LogP contribution in [0.5, 0.6) is 0 Å². The van der Waals surface area contributed by atoms with Crippen molar-refractivity contribution in [1.82, 2.24) is 4.90 Å². The van der Waals surface area contributed by atoms with Crippen molar-refractivity contribution in [2.24, 2.45) is 0 Å². The zero-order chi connectivity index (χ0) is 13.1. The smallest absolute Gasteiger partial charge is 0.244 e. The van der Waals surface area contributed by atoms with Crippen LogP contribution in [-0.4, -0.2) is 33.3 Å². The van der Waals surface area contributed by atoms with Crippen LogP contribution in [0.2, 0.25) is 0 Å². The van der Waals surface area contributed by atoms with E-state index < -0.39 is 0 Å². The number of carbonyl (C=O) groups is 2. The second-order valence-electron chi connectivity index (χ2n) is 3.59. The van der Waals surface area contributed by atoms with Gasteiger partial charge in [-0.05, 0) is 18.2 Å². The topological polar surface area (TPSA) is 49.4 Å². The normalized spacial score (nSPS) is 15.1. The predicted octanol–water partition coefficient (Wildman–Crippen LogP) is 2.25. The lowest BCUT2D eigenvalue weighted by Gasteiger charge is -2.14. The summed E-state index contributed by atoms with van der Waals surface area (Å²) in [4.78, 5) is 24.6. The molecule has 1 aromatic rings. The van der Waals surface area contributed by atoms with Crippen LogP contribution in [0.4, 0.5) is 5.69 Å². The van der Waals surface area contributed by atoms with Gasteiger partial charge < -0.3 is 5.32 Å². The standard InChI is InChI=1S/C11H9BrN2O2S2/c12-7-2-1-3-8(4-7)13-9(15)5-14-10(16)6-18-11(14)17/h1-4H,5-6H2,(H,13,15). The maximum atomic E-state index is 11.8. The maximum absolute atomic E-state index is 11.8. The fourth-order valence-electron chi connectivity index (χ4n) is 1.44. The zero-order valence-electron chi connectivity index (χ0n) is 9.18. The lowest BCUT2D eigenvalue weighted by atomic mass is 10.3. The number of nitrogens with one attached hydrogen (secondary N) is 1. The predicted molar refractivity (Wildman–Crippen MR) is 79.5 cm³/mol. The van der Waals surface area contributed by atoms with Crippen molar-refractivity contribution >= 4 is 61.7 Å². The van der Waals surface area contributed by atoms with Crippen LogP contribution in [0.15, 0.2) is 28.7 Å². The molecule has 0 atom stereocenters. The van der Waals surface area contributed by atoms with Crippen molar-refractivity contribution in [3.63, 3.8) is 0 Å². The molecule has 1 N–H and O–H groups in total. The van der Waals surface area contributed by atoms with Gasteiger partial charge in [0.05, 0.1) is 5.75 Å². The molecule has 0 unspecified atom stereocenters. The Hall–Kier alpha value is -0.920. The van der Waals surface area contributed by atoms with Crippen molar-refractivity contribution in [3.8, 4) is 0 Å². The van der Waals surface area contributed by atoms with E-state index >= 15 is 0 Å². The van der Waals surface area contributed by atoms with Crippen LogP contribution >= 0.6 is 39.9 Å². The van der Waals surface area contributed by atoms with E-state index in [0.29, 0.717) is 15.8 Å². The van der Waals surface area contributed by atoms with E-state index in [1.54, 1.807) is 12.1 Å². The molecule has 1 heterocycles. The summed E-state index contributed by atoms with van der Waals surface area (Å²) < 4.78 is 1.34. The first-order valence-corrected chi connectivity index (χ1v) is 7.27. The second kappa shape index (κ2) is 5.81. The highest BCUT2D eigenvalue weighted by molar-refractivity contribution is 9.10. The molecule has 1 aliphatic rings. The highest BCUT2D eigenvalue weighted by Gasteiger charge is 2.28. The van der Waals surface area contributed by atoms with Gasteiger partial charge >= 0.3 is 0 Å². The number of anilines is 1. The van der Waals surface area contributed by atoms with E-state index in [4.69, 9.17) is 12.2 Å². The Morgan fingerprint density at radius 3 is 2.94 bits per heavy atom. The molecule has 1 fully saturated rings. The number of nitrogens with zero attached hydrogens (tertiary/aromatic N) is 1. The van der Waals surface area contributed by atoms with Gasteiger partial charge in [-0.3, -0.25) is 14.5 Å². The Bertz CT molecular complexity index is 506. The molecular weight excluding hydrogens is 336 g/mol. The van der Waals surface area contributed by atoms with Gasteiger partial charge in [0.15, 0.2) is 0 Å². The van der Waals surface area contributed by atoms with Crippen LogP contribution < -0.4 is 5.32 Å². The fraction of sp³-hybridized carbons (Fsp3) is 0.182. The maximum Gasteiger partial charge on any atom is 0.244 e. The number of rotatable bonds is 3. The molecule has 1 aromatic carbocycles. The lowest BCUT2D eigenvalue weighted by molar-refractivity contribution is -0.127. The highest BCUT2D eigenvalue weighted by atomic mass is 79.9. The minimum Gasteiger partial charge on any atom is -0.324 e. The van der Waals surface area contributed by atoms with Crippen molar-refractivity contribution in [2.75, 3.05) is 17.6 Å². The molecule has 0 aliphatic carbocycles. The monoisotopic (exact) mass is 344 g/mol. The van der Waals surface area contributed by atoms with Crippen LogP contribution in [0.1, 0.15) is 0 Å². The first-order chi connectivity index (χ1) is 8.56. The van der Waals surface area contributed by atoms with Crippen LogP contribution in [-0.2, 0) is 9.59 Å². The molecule has 2 rings (SSSR count). The third-order valence-corrected chi connectivity index (χ3v) is 4.18. The van der Waals surface area contributed by atoms with Crippen molar-refractivity contribution in [1.29, 1.82) is 0 Å². The summed E-state index contributed by atoms with van der Waals surface area (Å²) in [6, 6.07) is 7.25. The van der Waals surface area contributed by atoms with Gasteiger partial charge in [0, 0.05) is 10.2 Å². The van der Waals surface area contributed by atoms with Gasteiger partial charge in [0.2, 0.25) is 11.8 Å². The summed E-state index contributed by atoms with van der Waals surface area (Å²) in [7, 11) is 0. The van der Waals surface area contributed by atoms with Gasteiger partial charge in [-0.1, -0.05) is 46.0 Å². The Morgan fingerprint density at radius 1 is 1.56 bits per heavy atom. The van der Waals surface area contributed by atoms with Gasteiger partial charge in [-0.15, -0.1) is 0 Å². The first kappa shape index (κ1) is 13.5. The molecular formula is C11H9BrN2O2S2. The molecule has 0 radical (unpaired) electrons. The molecule has 0 saturated carbocycles. The molecule has 0 bridgehead atoms. The number of benzene rings is 1. The molecule has 18 heavy (non-hydrogen) atoms. The SMILES string of the molecule is O=C(CN1C(=O)CSC1=S)Nc1cccc(Br)c1. The number of carbonyl (C=O) groups excluding carboxylic acids is 2. The average Bonchev–Trinajstić information content (AvgIpc) is 2.61. The van der Waals surface area contributed by atoms with Gasteiger partial charge in [-0.2, -0.15) is 0 Å². The number of hydrogen-bond donors (Lipinski definition) is 1. The Labute approximate surface area is 122 Å². The fourth-order valence-corrected chi connectivity index (χ4v) is 2.91. The quantitative estimate of drug-likeness (QED) is 0.854. The summed E-state index contributed by atoms with van der Waals surface area (Å²) in [5, 5.41) is 2.72. The number of amides is 2. The van der Waals surface area contributed by atoms with E-state index in [9.17, 15) is 9.59 Å². The minimum absolute atomic E-state index is 0.0306. The lowest BCUT2D eigenvalue weighted by Crippen LogP contribution is -2.36. The van der Waals surface area contributed by atoms with Crippen molar-refractivity contribution in [3.05, 3.63) is 28.7 Å². The summed E-state index contributed by atoms with van der Waals surface area (Å²) >= 11 is 9.61. The molecule has 0 spiro atoms. The number of thiocarbonyl (C=S) groups is 1. The van der Waals surface area contributed by atoms with E-state index in [1.807, 2.05) is 12.1 Å². The molecule has 2 amide bonds. The van der Waals surface area contributed by atoms with Crippen LogP contribution in [0, 0.1) is 0 Å². The van der Waals surface area contributed by atoms with Crippen LogP contribution in [0.3, 0.4) is 0 Å². The van der Waals surface area contributed by atoms with Crippen LogP contribution in [0.25, 0.3) is 0 Å². The molecule has 0 aromatic heterocycles. The summed E-state index contributed by atoms with van der Waals surface area (Å²) in [6.07, 6.45) is 0. The minimum atomic E-state index is -0.258. The average molecular weight is 345 g/mol. The Balaban J connectivity index is 1.97. The van der Waals surface area contributed by atoms with Crippen molar-refractivity contribution in [2.45, 2.75) is 0 Å². The van der Waals surface area contributed by atoms with E-state index in [1.165, 1.54) is 16.7 Å². The highest BCUT2D eigenvalue weighted by Crippen LogP contribution is 2.19. The Morgan fingerprint density at radius 2 is 2.33 bits per heavy atom. The van der Waals surface area contributed by atoms with Gasteiger partial charge in [0.1, 0.15) is 10.9 Å². The van der Waals surface area contributed by atoms with Gasteiger partial charge in [0.25, 0.3) is 0 Å². The zero-order valence-corrected chi connectivity index (χ0v) is 12.4. The van der Waals surface area contributed by atoms with Crippen molar-refractivity contribution < 1.29 is 9.59 Å². The summed E-state index contributed by atoms with van der Waals surface area (Å²) in [5.41, 5.74) is 0.680. The van der Waals surface area contributed by atoms with E-state index in [-0.39, 0.29) is 18.4 Å². The first-order valence-electron chi connectivity index (χ1n) is 5.09. The number of thioether (sulfide) groups is 1. The third kappa shape index (κ3) is 3.30. The van der Waals surface area contributed by atoms with E-state index in [0.717, 1.165) is 4.47 Å².